The smallest absolute Gasteiger partial charge is 0.481 e. The number of carbonyl (C=O) groups is 2. The molecule has 1 aliphatic heterocycles. The van der Waals surface area contributed by atoms with Crippen LogP contribution in [0.15, 0.2) is 40.8 Å². The number of carboxylic acids is 1. The lowest BCUT2D eigenvalue weighted by Gasteiger charge is -2.21. The zero-order valence-corrected chi connectivity index (χ0v) is 23.4. The van der Waals surface area contributed by atoms with Gasteiger partial charge in [-0.1, -0.05) is 29.3 Å². The molecule has 0 spiro atoms. The van der Waals surface area contributed by atoms with E-state index in [-0.39, 0.29) is 22.4 Å². The highest BCUT2D eigenvalue weighted by Gasteiger charge is 2.50. The number of carbonyl (C=O) groups excluding carboxylic acids is 1. The average molecular weight is 619 g/mol. The van der Waals surface area contributed by atoms with E-state index in [0.29, 0.717) is 24.8 Å². The summed E-state index contributed by atoms with van der Waals surface area (Å²) in [5.74, 6) is -4.07. The van der Waals surface area contributed by atoms with E-state index in [1.54, 1.807) is 6.92 Å². The lowest BCUT2D eigenvalue weighted by molar-refractivity contribution is -0.137. The van der Waals surface area contributed by atoms with Crippen molar-refractivity contribution in [1.29, 1.82) is 0 Å². The number of rotatable bonds is 9. The molecule has 2 aromatic rings. The van der Waals surface area contributed by atoms with Gasteiger partial charge in [0.15, 0.2) is 11.5 Å². The highest BCUT2D eigenvalue weighted by Crippen LogP contribution is 2.46. The topological polar surface area (TPSA) is 150 Å². The molecule has 1 heterocycles. The minimum absolute atomic E-state index is 0.0995. The van der Waals surface area contributed by atoms with Crippen molar-refractivity contribution in [2.24, 2.45) is 5.92 Å². The van der Waals surface area contributed by atoms with E-state index in [0.717, 1.165) is 5.56 Å². The molecule has 1 fully saturated rings. The Morgan fingerprint density at radius 2 is 1.76 bits per heavy atom. The van der Waals surface area contributed by atoms with Crippen LogP contribution in [0.5, 0.6) is 11.5 Å². The van der Waals surface area contributed by atoms with Crippen LogP contribution in [0, 0.1) is 19.8 Å². The Morgan fingerprint density at radius 3 is 2.37 bits per heavy atom. The van der Waals surface area contributed by atoms with Crippen LogP contribution in [0.4, 0.5) is 13.2 Å². The van der Waals surface area contributed by atoms with Crippen molar-refractivity contribution in [3.63, 3.8) is 0 Å². The number of esters is 1. The SMILES string of the molecule is Cc1ccc(S(=O)(=O)Oc2c(CC=C3CCCC3CC(=O)O)c(OS(=O)(=O)C(F)(F)F)c(C)c3c2C(=O)OC3)cc1. The number of halogens is 3. The van der Waals surface area contributed by atoms with Gasteiger partial charge >= 0.3 is 37.7 Å². The first-order chi connectivity index (χ1) is 19.0. The van der Waals surface area contributed by atoms with Gasteiger partial charge in [0.05, 0.1) is 6.42 Å². The summed E-state index contributed by atoms with van der Waals surface area (Å²) in [6.07, 6.45) is 2.45. The predicted octanol–water partition coefficient (Wildman–Crippen LogP) is 4.71. The fraction of sp³-hybridized carbons (Fsp3) is 0.385. The molecule has 0 aromatic heterocycles. The summed E-state index contributed by atoms with van der Waals surface area (Å²) in [4.78, 5) is 23.7. The number of benzene rings is 2. The van der Waals surface area contributed by atoms with Gasteiger partial charge in [-0.3, -0.25) is 4.79 Å². The first-order valence-electron chi connectivity index (χ1n) is 12.3. The van der Waals surface area contributed by atoms with Gasteiger partial charge in [-0.15, -0.1) is 0 Å². The number of alkyl halides is 3. The number of allylic oxidation sites excluding steroid dienone is 2. The zero-order valence-electron chi connectivity index (χ0n) is 21.8. The quantitative estimate of drug-likeness (QED) is 0.181. The molecule has 1 unspecified atom stereocenters. The van der Waals surface area contributed by atoms with E-state index in [9.17, 15) is 44.7 Å². The Labute approximate surface area is 234 Å². The summed E-state index contributed by atoms with van der Waals surface area (Å²) in [5, 5.41) is 9.23. The molecule has 0 bridgehead atoms. The third kappa shape index (κ3) is 6.20. The molecule has 222 valence electrons. The molecular formula is C26H25F3O10S2. The Morgan fingerprint density at radius 1 is 1.10 bits per heavy atom. The van der Waals surface area contributed by atoms with E-state index < -0.39 is 79.3 Å². The minimum atomic E-state index is -6.24. The summed E-state index contributed by atoms with van der Waals surface area (Å²) in [6.45, 7) is 2.42. The lowest BCUT2D eigenvalue weighted by atomic mass is 9.93. The summed E-state index contributed by atoms with van der Waals surface area (Å²) >= 11 is 0. The first kappa shape index (κ1) is 30.4. The van der Waals surface area contributed by atoms with Crippen LogP contribution in [0.3, 0.4) is 0 Å². The number of aliphatic carboxylic acids is 1. The second-order valence-electron chi connectivity index (χ2n) is 9.70. The highest BCUT2D eigenvalue weighted by atomic mass is 32.2. The molecule has 0 radical (unpaired) electrons. The van der Waals surface area contributed by atoms with Gasteiger partial charge in [0.25, 0.3) is 0 Å². The number of hydrogen-bond acceptors (Lipinski definition) is 9. The Hall–Kier alpha value is -3.59. The summed E-state index contributed by atoms with van der Waals surface area (Å²) < 4.78 is 106. The van der Waals surface area contributed by atoms with Crippen LogP contribution < -0.4 is 8.37 Å². The molecule has 1 aliphatic carbocycles. The van der Waals surface area contributed by atoms with Gasteiger partial charge in [0, 0.05) is 16.7 Å². The van der Waals surface area contributed by atoms with Gasteiger partial charge < -0.3 is 18.2 Å². The third-order valence-electron chi connectivity index (χ3n) is 6.93. The number of aryl methyl sites for hydroxylation is 1. The second-order valence-corrected chi connectivity index (χ2v) is 12.8. The molecular weight excluding hydrogens is 593 g/mol. The van der Waals surface area contributed by atoms with Crippen molar-refractivity contribution in [2.75, 3.05) is 0 Å². The number of ether oxygens (including phenoxy) is 1. The van der Waals surface area contributed by atoms with Crippen LogP contribution in [0.1, 0.15) is 58.3 Å². The monoisotopic (exact) mass is 618 g/mol. The fourth-order valence-corrected chi connectivity index (χ4v) is 6.35. The third-order valence-corrected chi connectivity index (χ3v) is 9.12. The van der Waals surface area contributed by atoms with Gasteiger partial charge in [-0.25, -0.2) is 4.79 Å². The van der Waals surface area contributed by atoms with Crippen molar-refractivity contribution in [3.8, 4) is 11.5 Å². The molecule has 15 heteroatoms. The van der Waals surface area contributed by atoms with Gasteiger partial charge in [0.1, 0.15) is 17.1 Å². The predicted molar refractivity (Wildman–Crippen MR) is 136 cm³/mol. The molecule has 0 saturated heterocycles. The average Bonchev–Trinajstić information content (AvgIpc) is 3.46. The van der Waals surface area contributed by atoms with Crippen LogP contribution in [-0.2, 0) is 42.8 Å². The standard InChI is InChI=1S/C26H25F3O10S2/c1-14-6-9-18(10-7-14)40(33,34)38-24-19(11-8-16-4-3-5-17(16)12-21(30)31)23(39-41(35,36)26(27,28)29)15(2)20-13-37-25(32)22(20)24/h6-10,17H,3-5,11-13H2,1-2H3,(H,30,31). The maximum Gasteiger partial charge on any atom is 0.534 e. The van der Waals surface area contributed by atoms with Gasteiger partial charge in [-0.2, -0.15) is 30.0 Å². The number of carboxylic acid groups (broad SMARTS) is 1. The largest absolute Gasteiger partial charge is 0.534 e. The second kappa shape index (κ2) is 11.0. The van der Waals surface area contributed by atoms with E-state index in [2.05, 4.69) is 4.18 Å². The molecule has 1 N–H and O–H groups in total. The maximum atomic E-state index is 13.4. The van der Waals surface area contributed by atoms with E-state index >= 15 is 0 Å². The van der Waals surface area contributed by atoms with Crippen LogP contribution in [0.25, 0.3) is 0 Å². The molecule has 2 aromatic carbocycles. The molecule has 2 aliphatic rings. The van der Waals surface area contributed by atoms with Crippen molar-refractivity contribution in [2.45, 2.75) is 63.0 Å². The molecule has 1 saturated carbocycles. The normalized spacial score (nSPS) is 18.3. The van der Waals surface area contributed by atoms with Gasteiger partial charge in [0.2, 0.25) is 0 Å². The van der Waals surface area contributed by atoms with E-state index in [1.165, 1.54) is 37.3 Å². The lowest BCUT2D eigenvalue weighted by Crippen LogP contribution is -2.29. The van der Waals surface area contributed by atoms with Gasteiger partial charge in [-0.05, 0) is 57.6 Å². The highest BCUT2D eigenvalue weighted by molar-refractivity contribution is 7.88. The fourth-order valence-electron chi connectivity index (χ4n) is 4.85. The van der Waals surface area contributed by atoms with Crippen LogP contribution >= 0.6 is 0 Å². The van der Waals surface area contributed by atoms with E-state index in [4.69, 9.17) is 8.92 Å². The Balaban J connectivity index is 1.94. The molecule has 0 amide bonds. The number of hydrogen-bond donors (Lipinski definition) is 1. The first-order valence-corrected chi connectivity index (χ1v) is 15.1. The zero-order chi connectivity index (χ0) is 30.3. The molecule has 41 heavy (non-hydrogen) atoms. The Bertz CT molecular complexity index is 1640. The number of fused-ring (bicyclic) bond motifs is 1. The molecule has 4 rings (SSSR count). The van der Waals surface area contributed by atoms with Crippen LogP contribution in [-0.4, -0.2) is 39.4 Å². The summed E-state index contributed by atoms with van der Waals surface area (Å²) in [7, 11) is -10.9. The van der Waals surface area contributed by atoms with Crippen molar-refractivity contribution in [3.05, 3.63) is 63.7 Å². The minimum Gasteiger partial charge on any atom is -0.481 e. The summed E-state index contributed by atoms with van der Waals surface area (Å²) in [6, 6.07) is 5.39. The van der Waals surface area contributed by atoms with Crippen molar-refractivity contribution < 1.29 is 57.8 Å². The molecule has 10 nitrogen and oxygen atoms in total. The Kier molecular flexibility index (Phi) is 8.15. The van der Waals surface area contributed by atoms with E-state index in [1.807, 2.05) is 0 Å². The van der Waals surface area contributed by atoms with Crippen LogP contribution in [0.2, 0.25) is 0 Å². The number of cyclic esters (lactones) is 1. The van der Waals surface area contributed by atoms with Crippen molar-refractivity contribution >= 4 is 32.2 Å². The van der Waals surface area contributed by atoms with Crippen molar-refractivity contribution in [1.82, 2.24) is 0 Å². The molecule has 1 atom stereocenters. The maximum absolute atomic E-state index is 13.4. The summed E-state index contributed by atoms with van der Waals surface area (Å²) in [5.41, 5.74) is -5.62.